The zero-order valence-corrected chi connectivity index (χ0v) is 19.3. The number of rotatable bonds is 7. The number of imide groups is 1. The van der Waals surface area contributed by atoms with Crippen LogP contribution < -0.4 is 15.5 Å². The third-order valence-electron chi connectivity index (χ3n) is 7.29. The summed E-state index contributed by atoms with van der Waals surface area (Å²) in [7, 11) is 0. The van der Waals surface area contributed by atoms with Crippen LogP contribution in [-0.2, 0) is 9.59 Å². The van der Waals surface area contributed by atoms with Crippen molar-refractivity contribution in [2.75, 3.05) is 24.5 Å². The Morgan fingerprint density at radius 2 is 1.84 bits per heavy atom. The second kappa shape index (κ2) is 10.0. The fraction of sp³-hybridized carbons (Fsp3) is 0.640. The molecule has 4 amide bonds. The lowest BCUT2D eigenvalue weighted by molar-refractivity contribution is -0.122. The smallest absolute Gasteiger partial charge is 0.329 e. The number of urea groups is 1. The van der Waals surface area contributed by atoms with E-state index in [-0.39, 0.29) is 18.2 Å². The molecule has 2 N–H and O–H groups in total. The zero-order valence-electron chi connectivity index (χ0n) is 19.3. The van der Waals surface area contributed by atoms with Gasteiger partial charge in [0.15, 0.2) is 0 Å². The molecule has 7 nitrogen and oxygen atoms in total. The Balaban J connectivity index is 1.26. The van der Waals surface area contributed by atoms with Crippen LogP contribution in [0.25, 0.3) is 0 Å². The Morgan fingerprint density at radius 1 is 1.09 bits per heavy atom. The fourth-order valence-corrected chi connectivity index (χ4v) is 5.40. The molecule has 0 aromatic heterocycles. The molecule has 3 aliphatic rings. The third-order valence-corrected chi connectivity index (χ3v) is 7.29. The summed E-state index contributed by atoms with van der Waals surface area (Å²) in [6.07, 6.45) is 6.73. The van der Waals surface area contributed by atoms with Crippen LogP contribution >= 0.6 is 0 Å². The predicted molar refractivity (Wildman–Crippen MR) is 125 cm³/mol. The highest BCUT2D eigenvalue weighted by molar-refractivity contribution is 6.21. The van der Waals surface area contributed by atoms with E-state index in [4.69, 9.17) is 0 Å². The van der Waals surface area contributed by atoms with Gasteiger partial charge in [0, 0.05) is 19.0 Å². The molecule has 7 heteroatoms. The van der Waals surface area contributed by atoms with Crippen LogP contribution in [-0.4, -0.2) is 54.5 Å². The highest BCUT2D eigenvalue weighted by Gasteiger charge is 2.39. The fourth-order valence-electron chi connectivity index (χ4n) is 5.40. The van der Waals surface area contributed by atoms with Crippen LogP contribution in [0.4, 0.5) is 10.5 Å². The molecule has 3 fully saturated rings. The Hall–Kier alpha value is -2.41. The van der Waals surface area contributed by atoms with Crippen molar-refractivity contribution in [1.29, 1.82) is 0 Å². The number of anilines is 1. The highest BCUT2D eigenvalue weighted by atomic mass is 16.2. The molecule has 1 aromatic rings. The van der Waals surface area contributed by atoms with Gasteiger partial charge < -0.3 is 15.5 Å². The van der Waals surface area contributed by atoms with Gasteiger partial charge in [-0.25, -0.2) is 9.69 Å². The molecule has 1 aromatic carbocycles. The molecule has 0 saturated carbocycles. The van der Waals surface area contributed by atoms with Crippen LogP contribution in [0.15, 0.2) is 24.3 Å². The zero-order chi connectivity index (χ0) is 22.7. The topological polar surface area (TPSA) is 81.8 Å². The van der Waals surface area contributed by atoms with E-state index in [0.717, 1.165) is 5.56 Å². The van der Waals surface area contributed by atoms with Crippen LogP contribution in [0.5, 0.6) is 0 Å². The van der Waals surface area contributed by atoms with Crippen LogP contribution in [0.1, 0.15) is 70.3 Å². The van der Waals surface area contributed by atoms with Crippen molar-refractivity contribution in [1.82, 2.24) is 15.5 Å². The average Bonchev–Trinajstić information content (AvgIpc) is 3.09. The van der Waals surface area contributed by atoms with Crippen molar-refractivity contribution in [3.05, 3.63) is 29.8 Å². The summed E-state index contributed by atoms with van der Waals surface area (Å²) in [4.78, 5) is 41.5. The summed E-state index contributed by atoms with van der Waals surface area (Å²) in [6.45, 7) is 7.29. The summed E-state index contributed by atoms with van der Waals surface area (Å²) >= 11 is 0. The summed E-state index contributed by atoms with van der Waals surface area (Å²) in [6, 6.07) is 7.03. The standard InChI is InChI=1S/C25H36N4O3/c1-17(2)18-8-10-20(11-9-18)29-24(31)21(27-25(29)32)12-13-23(30)26-16-19-6-5-15-28-14-4-3-7-22(19)28/h8-11,17,19,21-22H,3-7,12-16H2,1-2H3,(H,26,30)(H,27,32)/t19-,21-,22+/m1/s1. The first-order chi connectivity index (χ1) is 15.4. The second-order valence-corrected chi connectivity index (χ2v) is 9.77. The lowest BCUT2D eigenvalue weighted by Crippen LogP contribution is -2.51. The lowest BCUT2D eigenvalue weighted by Gasteiger charge is -2.44. The predicted octanol–water partition coefficient (Wildman–Crippen LogP) is 3.40. The van der Waals surface area contributed by atoms with E-state index in [2.05, 4.69) is 29.4 Å². The van der Waals surface area contributed by atoms with Gasteiger partial charge in [-0.2, -0.15) is 0 Å². The number of amides is 4. The molecule has 3 heterocycles. The van der Waals surface area contributed by atoms with Crippen molar-refractivity contribution in [3.63, 3.8) is 0 Å². The van der Waals surface area contributed by atoms with Crippen LogP contribution in [0, 0.1) is 5.92 Å². The largest absolute Gasteiger partial charge is 0.356 e. The molecule has 3 aliphatic heterocycles. The van der Waals surface area contributed by atoms with Gasteiger partial charge >= 0.3 is 6.03 Å². The maximum absolute atomic E-state index is 12.8. The monoisotopic (exact) mass is 440 g/mol. The van der Waals surface area contributed by atoms with Gasteiger partial charge in [0.05, 0.1) is 5.69 Å². The summed E-state index contributed by atoms with van der Waals surface area (Å²) < 4.78 is 0. The van der Waals surface area contributed by atoms with Gasteiger partial charge in [0.2, 0.25) is 5.91 Å². The summed E-state index contributed by atoms with van der Waals surface area (Å²) in [5.74, 6) is 0.572. The molecule has 4 rings (SSSR count). The van der Waals surface area contributed by atoms with E-state index in [1.165, 1.54) is 50.1 Å². The molecule has 0 spiro atoms. The molecule has 3 saturated heterocycles. The Morgan fingerprint density at radius 3 is 2.59 bits per heavy atom. The summed E-state index contributed by atoms with van der Waals surface area (Å²) in [5, 5.41) is 5.83. The number of fused-ring (bicyclic) bond motifs is 1. The van der Waals surface area contributed by atoms with E-state index in [9.17, 15) is 14.4 Å². The van der Waals surface area contributed by atoms with Crippen LogP contribution in [0.2, 0.25) is 0 Å². The Kier molecular flexibility index (Phi) is 7.13. The van der Waals surface area contributed by atoms with Gasteiger partial charge in [-0.1, -0.05) is 32.4 Å². The Labute approximate surface area is 190 Å². The van der Waals surface area contributed by atoms with E-state index in [1.807, 2.05) is 12.1 Å². The number of nitrogens with zero attached hydrogens (tertiary/aromatic N) is 2. The van der Waals surface area contributed by atoms with Crippen LogP contribution in [0.3, 0.4) is 0 Å². The van der Waals surface area contributed by atoms with E-state index >= 15 is 0 Å². The van der Waals surface area contributed by atoms with Crippen molar-refractivity contribution in [2.45, 2.75) is 76.8 Å². The van der Waals surface area contributed by atoms with Crippen molar-refractivity contribution in [3.8, 4) is 0 Å². The Bertz CT molecular complexity index is 836. The van der Waals surface area contributed by atoms with Crippen molar-refractivity contribution < 1.29 is 14.4 Å². The number of nitrogens with one attached hydrogen (secondary N) is 2. The minimum Gasteiger partial charge on any atom is -0.356 e. The normalized spacial score (nSPS) is 26.2. The number of carbonyl (C=O) groups excluding carboxylic acids is 3. The molecule has 0 aliphatic carbocycles. The lowest BCUT2D eigenvalue weighted by atomic mass is 9.83. The van der Waals surface area contributed by atoms with Gasteiger partial charge in [-0.05, 0) is 74.7 Å². The number of hydrogen-bond acceptors (Lipinski definition) is 4. The molecule has 0 radical (unpaired) electrons. The first-order valence-electron chi connectivity index (χ1n) is 12.2. The number of piperidine rings is 2. The maximum atomic E-state index is 12.8. The van der Waals surface area contributed by atoms with E-state index in [1.54, 1.807) is 12.1 Å². The number of carbonyl (C=O) groups is 3. The molecule has 0 bridgehead atoms. The molecule has 32 heavy (non-hydrogen) atoms. The molecule has 3 atom stereocenters. The first-order valence-corrected chi connectivity index (χ1v) is 12.2. The van der Waals surface area contributed by atoms with Crippen molar-refractivity contribution >= 4 is 23.5 Å². The molecule has 0 unspecified atom stereocenters. The maximum Gasteiger partial charge on any atom is 0.329 e. The summed E-state index contributed by atoms with van der Waals surface area (Å²) in [5.41, 5.74) is 1.72. The van der Waals surface area contributed by atoms with E-state index in [0.29, 0.717) is 36.5 Å². The molecular weight excluding hydrogens is 404 g/mol. The van der Waals surface area contributed by atoms with Gasteiger partial charge in [-0.3, -0.25) is 9.59 Å². The second-order valence-electron chi connectivity index (χ2n) is 9.77. The number of hydrogen-bond donors (Lipinski definition) is 2. The third kappa shape index (κ3) is 4.98. The molecule has 174 valence electrons. The first kappa shape index (κ1) is 22.8. The minimum absolute atomic E-state index is 0.0419. The van der Waals surface area contributed by atoms with Gasteiger partial charge in [0.25, 0.3) is 5.91 Å². The minimum atomic E-state index is -0.651. The van der Waals surface area contributed by atoms with Crippen molar-refractivity contribution in [2.24, 2.45) is 5.92 Å². The van der Waals surface area contributed by atoms with Gasteiger partial charge in [0.1, 0.15) is 6.04 Å². The SMILES string of the molecule is CC(C)c1ccc(N2C(=O)N[C@H](CCC(=O)NC[C@H]3CCCN4CCCC[C@@H]34)C2=O)cc1. The molecular formula is C25H36N4O3. The highest BCUT2D eigenvalue weighted by Crippen LogP contribution is 2.30. The number of benzene rings is 1. The average molecular weight is 441 g/mol. The quantitative estimate of drug-likeness (QED) is 0.637. The van der Waals surface area contributed by atoms with Gasteiger partial charge in [-0.15, -0.1) is 0 Å². The van der Waals surface area contributed by atoms with E-state index < -0.39 is 12.1 Å².